The molecule has 6 nitrogen and oxygen atoms in total. The van der Waals surface area contributed by atoms with Crippen LogP contribution in [-0.2, 0) is 19.5 Å². The average Bonchev–Trinajstić information content (AvgIpc) is 3.21. The summed E-state index contributed by atoms with van der Waals surface area (Å²) < 4.78 is 15.4. The van der Waals surface area contributed by atoms with Crippen LogP contribution >= 0.6 is 11.3 Å². The van der Waals surface area contributed by atoms with Gasteiger partial charge in [-0.05, 0) is 38.1 Å². The number of halogens is 1. The van der Waals surface area contributed by atoms with Crippen molar-refractivity contribution in [3.8, 4) is 0 Å². The predicted octanol–water partition coefficient (Wildman–Crippen LogP) is 3.08. The number of nitrogens with one attached hydrogen (secondary N) is 1. The molecule has 27 heavy (non-hydrogen) atoms. The standard InChI is InChI=1S/C19H20FN5OS/c1-12-18(22-23-25(12)10-14-5-3-4-6-15(14)20)21-19(26)16-9-13-7-8-24(2)11-17(13)27-16/h3-6,9H,7-8,10-11H2,1-2H3,(H,21,26). The predicted molar refractivity (Wildman–Crippen MR) is 103 cm³/mol. The van der Waals surface area contributed by atoms with Crippen LogP contribution in [0.25, 0.3) is 0 Å². The van der Waals surface area contributed by atoms with Crippen molar-refractivity contribution in [3.05, 3.63) is 62.7 Å². The number of fused-ring (bicyclic) bond motifs is 1. The molecule has 4 rings (SSSR count). The van der Waals surface area contributed by atoms with Gasteiger partial charge in [-0.2, -0.15) is 0 Å². The van der Waals surface area contributed by atoms with Gasteiger partial charge in [-0.1, -0.05) is 23.4 Å². The number of nitrogens with zero attached hydrogens (tertiary/aromatic N) is 4. The second kappa shape index (κ2) is 7.21. The number of likely N-dealkylation sites (N-methyl/N-ethyl adjacent to an activating group) is 1. The summed E-state index contributed by atoms with van der Waals surface area (Å²) in [5.74, 6) is -0.0648. The maximum Gasteiger partial charge on any atom is 0.266 e. The minimum atomic E-state index is -0.285. The number of carbonyl (C=O) groups excluding carboxylic acids is 1. The molecule has 1 aliphatic heterocycles. The van der Waals surface area contributed by atoms with Crippen LogP contribution in [0, 0.1) is 12.7 Å². The quantitative estimate of drug-likeness (QED) is 0.750. The van der Waals surface area contributed by atoms with Crippen LogP contribution in [0.1, 0.15) is 31.4 Å². The number of aromatic nitrogens is 3. The molecular formula is C19H20FN5OS. The first-order chi connectivity index (χ1) is 13.0. The number of benzene rings is 1. The van der Waals surface area contributed by atoms with E-state index >= 15 is 0 Å². The van der Waals surface area contributed by atoms with Crippen molar-refractivity contribution in [3.63, 3.8) is 0 Å². The lowest BCUT2D eigenvalue weighted by Gasteiger charge is -2.21. The number of hydrogen-bond donors (Lipinski definition) is 1. The molecule has 0 spiro atoms. The van der Waals surface area contributed by atoms with E-state index in [2.05, 4.69) is 27.6 Å². The van der Waals surface area contributed by atoms with Crippen LogP contribution in [0.15, 0.2) is 30.3 Å². The molecule has 140 valence electrons. The summed E-state index contributed by atoms with van der Waals surface area (Å²) in [6.07, 6.45) is 0.966. The maximum atomic E-state index is 13.9. The Balaban J connectivity index is 1.49. The molecule has 2 aromatic heterocycles. The van der Waals surface area contributed by atoms with E-state index in [1.807, 2.05) is 13.0 Å². The lowest BCUT2D eigenvalue weighted by molar-refractivity contribution is 0.103. The molecule has 3 aromatic rings. The summed E-state index contributed by atoms with van der Waals surface area (Å²) >= 11 is 1.53. The molecule has 0 fully saturated rings. The van der Waals surface area contributed by atoms with Crippen LogP contribution in [0.4, 0.5) is 10.2 Å². The highest BCUT2D eigenvalue weighted by molar-refractivity contribution is 7.14. The van der Waals surface area contributed by atoms with E-state index in [1.165, 1.54) is 27.8 Å². The Morgan fingerprint density at radius 3 is 3.00 bits per heavy atom. The Bertz CT molecular complexity index is 996. The third kappa shape index (κ3) is 3.63. The van der Waals surface area contributed by atoms with Crippen LogP contribution in [0.3, 0.4) is 0 Å². The van der Waals surface area contributed by atoms with Crippen molar-refractivity contribution in [2.45, 2.75) is 26.4 Å². The van der Waals surface area contributed by atoms with Gasteiger partial charge >= 0.3 is 0 Å². The average molecular weight is 385 g/mol. The van der Waals surface area contributed by atoms with Gasteiger partial charge < -0.3 is 10.2 Å². The van der Waals surface area contributed by atoms with E-state index in [1.54, 1.807) is 22.9 Å². The molecule has 8 heteroatoms. The maximum absolute atomic E-state index is 13.9. The lowest BCUT2D eigenvalue weighted by atomic mass is 10.1. The van der Waals surface area contributed by atoms with E-state index in [4.69, 9.17) is 0 Å². The molecule has 3 heterocycles. The summed E-state index contributed by atoms with van der Waals surface area (Å²) in [7, 11) is 2.08. The summed E-state index contributed by atoms with van der Waals surface area (Å²) in [5.41, 5.74) is 2.47. The van der Waals surface area contributed by atoms with Crippen LogP contribution in [-0.4, -0.2) is 39.4 Å². The van der Waals surface area contributed by atoms with Gasteiger partial charge in [0.25, 0.3) is 5.91 Å². The minimum Gasteiger partial charge on any atom is -0.303 e. The minimum absolute atomic E-state index is 0.182. The number of anilines is 1. The van der Waals surface area contributed by atoms with Gasteiger partial charge in [-0.3, -0.25) is 4.79 Å². The molecule has 1 N–H and O–H groups in total. The third-order valence-corrected chi connectivity index (χ3v) is 5.95. The molecule has 1 aliphatic rings. The van der Waals surface area contributed by atoms with Crippen LogP contribution < -0.4 is 5.32 Å². The second-order valence-electron chi connectivity index (χ2n) is 6.77. The molecule has 0 aliphatic carbocycles. The number of thiophene rings is 1. The van der Waals surface area contributed by atoms with Crippen molar-refractivity contribution in [2.75, 3.05) is 18.9 Å². The molecule has 0 unspecified atom stereocenters. The fourth-order valence-electron chi connectivity index (χ4n) is 3.14. The Labute approximate surface area is 160 Å². The highest BCUT2D eigenvalue weighted by Crippen LogP contribution is 2.28. The fraction of sp³-hybridized carbons (Fsp3) is 0.316. The van der Waals surface area contributed by atoms with Crippen LogP contribution in [0.2, 0.25) is 0 Å². The first kappa shape index (κ1) is 17.8. The molecule has 0 bridgehead atoms. The Kier molecular flexibility index (Phi) is 4.75. The van der Waals surface area contributed by atoms with E-state index in [0.717, 1.165) is 19.5 Å². The van der Waals surface area contributed by atoms with E-state index in [-0.39, 0.29) is 18.3 Å². The van der Waals surface area contributed by atoms with E-state index in [0.29, 0.717) is 22.0 Å². The molecule has 0 saturated heterocycles. The monoisotopic (exact) mass is 385 g/mol. The van der Waals surface area contributed by atoms with Gasteiger partial charge in [-0.25, -0.2) is 9.07 Å². The van der Waals surface area contributed by atoms with Gasteiger partial charge in [0.1, 0.15) is 5.82 Å². The Morgan fingerprint density at radius 2 is 2.19 bits per heavy atom. The zero-order valence-electron chi connectivity index (χ0n) is 15.2. The number of carbonyl (C=O) groups is 1. The van der Waals surface area contributed by atoms with Gasteiger partial charge in [0, 0.05) is 23.5 Å². The normalized spacial score (nSPS) is 14.2. The first-order valence-electron chi connectivity index (χ1n) is 8.76. The zero-order chi connectivity index (χ0) is 19.0. The van der Waals surface area contributed by atoms with Crippen molar-refractivity contribution >= 4 is 23.1 Å². The topological polar surface area (TPSA) is 63.1 Å². The summed E-state index contributed by atoms with van der Waals surface area (Å²) in [5, 5.41) is 10.9. The van der Waals surface area contributed by atoms with Crippen molar-refractivity contribution < 1.29 is 9.18 Å². The zero-order valence-corrected chi connectivity index (χ0v) is 16.0. The molecule has 0 saturated carbocycles. The molecular weight excluding hydrogens is 365 g/mol. The molecule has 0 radical (unpaired) electrons. The van der Waals surface area contributed by atoms with E-state index in [9.17, 15) is 9.18 Å². The first-order valence-corrected chi connectivity index (χ1v) is 9.58. The Morgan fingerprint density at radius 1 is 1.37 bits per heavy atom. The highest BCUT2D eigenvalue weighted by atomic mass is 32.1. The number of rotatable bonds is 4. The summed E-state index contributed by atoms with van der Waals surface area (Å²) in [6, 6.07) is 8.53. The number of hydrogen-bond acceptors (Lipinski definition) is 5. The molecule has 1 amide bonds. The highest BCUT2D eigenvalue weighted by Gasteiger charge is 2.21. The smallest absolute Gasteiger partial charge is 0.266 e. The van der Waals surface area contributed by atoms with Gasteiger partial charge in [0.2, 0.25) is 0 Å². The summed E-state index contributed by atoms with van der Waals surface area (Å²) in [6.45, 7) is 3.96. The van der Waals surface area contributed by atoms with Gasteiger partial charge in [0.15, 0.2) is 5.82 Å². The van der Waals surface area contributed by atoms with Crippen molar-refractivity contribution in [1.82, 2.24) is 19.9 Å². The van der Waals surface area contributed by atoms with Crippen molar-refractivity contribution in [2.24, 2.45) is 0 Å². The molecule has 0 atom stereocenters. The fourth-order valence-corrected chi connectivity index (χ4v) is 4.33. The SMILES string of the molecule is Cc1c(NC(=O)c2cc3c(s2)CN(C)CC3)nnn1Cc1ccccc1F. The third-order valence-electron chi connectivity index (χ3n) is 4.79. The number of amides is 1. The van der Waals surface area contributed by atoms with Gasteiger partial charge in [0.05, 0.1) is 17.1 Å². The summed E-state index contributed by atoms with van der Waals surface area (Å²) in [4.78, 5) is 16.8. The second-order valence-corrected chi connectivity index (χ2v) is 7.91. The van der Waals surface area contributed by atoms with Gasteiger partial charge in [-0.15, -0.1) is 16.4 Å². The van der Waals surface area contributed by atoms with Crippen molar-refractivity contribution in [1.29, 1.82) is 0 Å². The van der Waals surface area contributed by atoms with Crippen LogP contribution in [0.5, 0.6) is 0 Å². The Hall–Kier alpha value is -2.58. The van der Waals surface area contributed by atoms with E-state index < -0.39 is 0 Å². The lowest BCUT2D eigenvalue weighted by Crippen LogP contribution is -2.24. The molecule has 1 aromatic carbocycles. The largest absolute Gasteiger partial charge is 0.303 e.